The first-order valence-corrected chi connectivity index (χ1v) is 3.62. The Bertz CT molecular complexity index is 344. The van der Waals surface area contributed by atoms with E-state index in [9.17, 15) is 8.78 Å². The maximum atomic E-state index is 12.2. The molecular weight excluding hydrogens is 176 g/mol. The number of phenolic OH excluding ortho intramolecular Hbond substituents is 1. The third kappa shape index (κ3) is 2.15. The van der Waals surface area contributed by atoms with Crippen molar-refractivity contribution < 1.29 is 13.9 Å². The summed E-state index contributed by atoms with van der Waals surface area (Å²) in [6.45, 7) is 0. The zero-order chi connectivity index (χ0) is 9.84. The molecule has 0 aliphatic heterocycles. The SMILES string of the molecule is N#CCc1cc(C(F)F)ccc1O. The number of halogens is 2. The molecule has 68 valence electrons. The van der Waals surface area contributed by atoms with Gasteiger partial charge in [-0.05, 0) is 18.2 Å². The smallest absolute Gasteiger partial charge is 0.263 e. The predicted molar refractivity (Wildman–Crippen MR) is 42.4 cm³/mol. The third-order valence-electron chi connectivity index (χ3n) is 1.63. The standard InChI is InChI=1S/C9H7F2NO/c10-9(11)7-1-2-8(13)6(5-7)3-4-12/h1-2,5,9,13H,3H2. The van der Waals surface area contributed by atoms with Crippen molar-refractivity contribution in [3.8, 4) is 11.8 Å². The fourth-order valence-electron chi connectivity index (χ4n) is 0.968. The average Bonchev–Trinajstić information content (AvgIpc) is 2.08. The first kappa shape index (κ1) is 9.46. The highest BCUT2D eigenvalue weighted by molar-refractivity contribution is 5.38. The van der Waals surface area contributed by atoms with E-state index in [1.807, 2.05) is 0 Å². The summed E-state index contributed by atoms with van der Waals surface area (Å²) in [4.78, 5) is 0. The summed E-state index contributed by atoms with van der Waals surface area (Å²) in [6.07, 6.45) is -2.63. The van der Waals surface area contributed by atoms with Gasteiger partial charge in [-0.25, -0.2) is 8.78 Å². The molecule has 1 rings (SSSR count). The number of rotatable bonds is 2. The molecule has 0 amide bonds. The molecule has 0 aliphatic rings. The third-order valence-corrected chi connectivity index (χ3v) is 1.63. The van der Waals surface area contributed by atoms with Crippen molar-refractivity contribution in [2.24, 2.45) is 0 Å². The van der Waals surface area contributed by atoms with Gasteiger partial charge in [-0.1, -0.05) is 0 Å². The van der Waals surface area contributed by atoms with Gasteiger partial charge >= 0.3 is 0 Å². The number of hydrogen-bond donors (Lipinski definition) is 1. The van der Waals surface area contributed by atoms with Gasteiger partial charge in [0.2, 0.25) is 0 Å². The minimum atomic E-state index is -2.57. The Balaban J connectivity index is 3.05. The van der Waals surface area contributed by atoms with Gasteiger partial charge in [0.25, 0.3) is 6.43 Å². The lowest BCUT2D eigenvalue weighted by molar-refractivity contribution is 0.151. The molecule has 1 N–H and O–H groups in total. The van der Waals surface area contributed by atoms with Crippen molar-refractivity contribution in [2.75, 3.05) is 0 Å². The molecular formula is C9H7F2NO. The average molecular weight is 183 g/mol. The molecule has 0 aliphatic carbocycles. The number of phenols is 1. The maximum absolute atomic E-state index is 12.2. The molecule has 0 spiro atoms. The Labute approximate surface area is 74.0 Å². The predicted octanol–water partition coefficient (Wildman–Crippen LogP) is 2.40. The molecule has 1 aromatic carbocycles. The molecule has 0 aromatic heterocycles. The lowest BCUT2D eigenvalue weighted by atomic mass is 10.1. The van der Waals surface area contributed by atoms with E-state index in [1.165, 1.54) is 6.07 Å². The molecule has 2 nitrogen and oxygen atoms in total. The number of nitrogens with zero attached hydrogens (tertiary/aromatic N) is 1. The van der Waals surface area contributed by atoms with Crippen LogP contribution in [0.25, 0.3) is 0 Å². The lowest BCUT2D eigenvalue weighted by Crippen LogP contribution is -1.88. The Morgan fingerprint density at radius 2 is 2.15 bits per heavy atom. The van der Waals surface area contributed by atoms with E-state index in [4.69, 9.17) is 10.4 Å². The highest BCUT2D eigenvalue weighted by Crippen LogP contribution is 2.25. The molecule has 0 saturated heterocycles. The van der Waals surface area contributed by atoms with Gasteiger partial charge in [0.05, 0.1) is 12.5 Å². The molecule has 0 saturated carbocycles. The molecule has 0 radical (unpaired) electrons. The van der Waals surface area contributed by atoms with E-state index >= 15 is 0 Å². The van der Waals surface area contributed by atoms with E-state index < -0.39 is 6.43 Å². The summed E-state index contributed by atoms with van der Waals surface area (Å²) in [5.74, 6) is -0.119. The summed E-state index contributed by atoms with van der Waals surface area (Å²) in [5, 5.41) is 17.5. The van der Waals surface area contributed by atoms with Crippen LogP contribution in [0.5, 0.6) is 5.75 Å². The fraction of sp³-hybridized carbons (Fsp3) is 0.222. The molecule has 13 heavy (non-hydrogen) atoms. The number of aromatic hydroxyl groups is 1. The second-order valence-electron chi connectivity index (χ2n) is 2.52. The Morgan fingerprint density at radius 1 is 1.46 bits per heavy atom. The van der Waals surface area contributed by atoms with Crippen LogP contribution in [-0.4, -0.2) is 5.11 Å². The minimum absolute atomic E-state index is 0.0631. The van der Waals surface area contributed by atoms with Crippen LogP contribution in [0.15, 0.2) is 18.2 Å². The largest absolute Gasteiger partial charge is 0.508 e. The molecule has 0 atom stereocenters. The molecule has 0 unspecified atom stereocenters. The monoisotopic (exact) mass is 183 g/mol. The fourth-order valence-corrected chi connectivity index (χ4v) is 0.968. The highest BCUT2D eigenvalue weighted by atomic mass is 19.3. The van der Waals surface area contributed by atoms with Crippen molar-refractivity contribution in [2.45, 2.75) is 12.8 Å². The Kier molecular flexibility index (Phi) is 2.80. The summed E-state index contributed by atoms with van der Waals surface area (Å²) < 4.78 is 24.3. The van der Waals surface area contributed by atoms with E-state index in [2.05, 4.69) is 0 Å². The van der Waals surface area contributed by atoms with Crippen molar-refractivity contribution in [1.29, 1.82) is 5.26 Å². The summed E-state index contributed by atoms with van der Waals surface area (Å²) in [5.41, 5.74) is 0.0587. The molecule has 0 fully saturated rings. The summed E-state index contributed by atoms with van der Waals surface area (Å²) in [6, 6.07) is 5.24. The number of alkyl halides is 2. The number of benzene rings is 1. The second kappa shape index (κ2) is 3.85. The number of nitriles is 1. The number of hydrogen-bond acceptors (Lipinski definition) is 2. The quantitative estimate of drug-likeness (QED) is 0.765. The molecule has 0 heterocycles. The van der Waals surface area contributed by atoms with E-state index in [-0.39, 0.29) is 23.3 Å². The maximum Gasteiger partial charge on any atom is 0.263 e. The van der Waals surface area contributed by atoms with Crippen LogP contribution in [0.1, 0.15) is 17.6 Å². The zero-order valence-electron chi connectivity index (χ0n) is 6.67. The van der Waals surface area contributed by atoms with Gasteiger partial charge in [-0.2, -0.15) is 5.26 Å². The van der Waals surface area contributed by atoms with Gasteiger partial charge in [0.1, 0.15) is 5.75 Å². The topological polar surface area (TPSA) is 44.0 Å². The van der Waals surface area contributed by atoms with E-state index in [0.717, 1.165) is 12.1 Å². The van der Waals surface area contributed by atoms with Crippen molar-refractivity contribution >= 4 is 0 Å². The molecule has 0 bridgehead atoms. The van der Waals surface area contributed by atoms with Crippen LogP contribution in [0, 0.1) is 11.3 Å². The van der Waals surface area contributed by atoms with Crippen LogP contribution in [0.2, 0.25) is 0 Å². The van der Waals surface area contributed by atoms with E-state index in [0.29, 0.717) is 0 Å². The molecule has 1 aromatic rings. The summed E-state index contributed by atoms with van der Waals surface area (Å²) in [7, 11) is 0. The van der Waals surface area contributed by atoms with Gasteiger partial charge in [0, 0.05) is 11.1 Å². The van der Waals surface area contributed by atoms with Crippen LogP contribution in [0.3, 0.4) is 0 Å². The Morgan fingerprint density at radius 3 is 2.69 bits per heavy atom. The van der Waals surface area contributed by atoms with E-state index in [1.54, 1.807) is 6.07 Å². The zero-order valence-corrected chi connectivity index (χ0v) is 6.67. The first-order chi connectivity index (χ1) is 6.15. The lowest BCUT2D eigenvalue weighted by Gasteiger charge is -2.03. The van der Waals surface area contributed by atoms with Crippen molar-refractivity contribution in [3.05, 3.63) is 29.3 Å². The van der Waals surface area contributed by atoms with Gasteiger partial charge < -0.3 is 5.11 Å². The Hall–Kier alpha value is -1.63. The van der Waals surface area contributed by atoms with Gasteiger partial charge in [-0.3, -0.25) is 0 Å². The van der Waals surface area contributed by atoms with Gasteiger partial charge in [-0.15, -0.1) is 0 Å². The van der Waals surface area contributed by atoms with Crippen LogP contribution in [0.4, 0.5) is 8.78 Å². The normalized spacial score (nSPS) is 10.0. The first-order valence-electron chi connectivity index (χ1n) is 3.62. The van der Waals surface area contributed by atoms with Crippen LogP contribution < -0.4 is 0 Å². The van der Waals surface area contributed by atoms with Gasteiger partial charge in [0.15, 0.2) is 0 Å². The second-order valence-corrected chi connectivity index (χ2v) is 2.52. The van der Waals surface area contributed by atoms with Crippen molar-refractivity contribution in [3.63, 3.8) is 0 Å². The summed E-state index contributed by atoms with van der Waals surface area (Å²) >= 11 is 0. The molecule has 4 heteroatoms. The van der Waals surface area contributed by atoms with Crippen LogP contribution >= 0.6 is 0 Å². The van der Waals surface area contributed by atoms with Crippen LogP contribution in [-0.2, 0) is 6.42 Å². The highest BCUT2D eigenvalue weighted by Gasteiger charge is 2.09. The van der Waals surface area contributed by atoms with Crippen molar-refractivity contribution in [1.82, 2.24) is 0 Å². The minimum Gasteiger partial charge on any atom is -0.508 e.